The van der Waals surface area contributed by atoms with Gasteiger partial charge in [-0.15, -0.1) is 0 Å². The minimum absolute atomic E-state index is 0.0288. The molecule has 134 valence electrons. The van der Waals surface area contributed by atoms with E-state index in [4.69, 9.17) is 4.74 Å². The largest absolute Gasteiger partial charge is 0.374 e. The number of nitrogens with one attached hydrogen (secondary N) is 1. The molecule has 0 aliphatic carbocycles. The predicted molar refractivity (Wildman–Crippen MR) is 96.9 cm³/mol. The molecular weight excluding hydrogens is 302 g/mol. The summed E-state index contributed by atoms with van der Waals surface area (Å²) in [5.74, 6) is 0. The molecule has 1 aromatic carbocycles. The zero-order valence-electron chi connectivity index (χ0n) is 15.4. The number of piperidine rings is 1. The lowest BCUT2D eigenvalue weighted by Crippen LogP contribution is -2.50. The Morgan fingerprint density at radius 1 is 1.33 bits per heavy atom. The molecule has 1 atom stereocenters. The molecule has 1 aromatic rings. The van der Waals surface area contributed by atoms with E-state index in [1.807, 2.05) is 30.9 Å². The minimum atomic E-state index is 0.0288. The number of likely N-dealkylation sites (tertiary alicyclic amines) is 1. The molecule has 2 rings (SSSR count). The Morgan fingerprint density at radius 2 is 2.04 bits per heavy atom. The summed E-state index contributed by atoms with van der Waals surface area (Å²) in [6, 6.07) is 8.61. The van der Waals surface area contributed by atoms with Crippen LogP contribution < -0.4 is 5.32 Å². The third-order valence-corrected chi connectivity index (χ3v) is 4.53. The number of benzene rings is 1. The number of hydrogen-bond donors (Lipinski definition) is 1. The van der Waals surface area contributed by atoms with Crippen LogP contribution in [0.15, 0.2) is 24.3 Å². The van der Waals surface area contributed by atoms with Crippen LogP contribution in [0.1, 0.15) is 37.8 Å². The number of nitrogens with zero attached hydrogens (tertiary/aromatic N) is 2. The first kappa shape index (κ1) is 18.7. The van der Waals surface area contributed by atoms with E-state index < -0.39 is 0 Å². The molecular formula is C19H31N3O2. The van der Waals surface area contributed by atoms with Crippen LogP contribution in [0.2, 0.25) is 0 Å². The van der Waals surface area contributed by atoms with Gasteiger partial charge in [0.1, 0.15) is 0 Å². The lowest BCUT2D eigenvalue weighted by molar-refractivity contribution is 0.0652. The van der Waals surface area contributed by atoms with Crippen molar-refractivity contribution in [2.75, 3.05) is 27.2 Å². The van der Waals surface area contributed by atoms with Crippen molar-refractivity contribution in [3.05, 3.63) is 35.4 Å². The molecule has 24 heavy (non-hydrogen) atoms. The molecule has 0 saturated carbocycles. The number of carbonyl (C=O) groups excluding carboxylic acids is 1. The minimum Gasteiger partial charge on any atom is -0.374 e. The Labute approximate surface area is 146 Å². The molecule has 1 unspecified atom stereocenters. The highest BCUT2D eigenvalue weighted by Crippen LogP contribution is 2.15. The Morgan fingerprint density at radius 3 is 2.71 bits per heavy atom. The zero-order valence-corrected chi connectivity index (χ0v) is 15.4. The van der Waals surface area contributed by atoms with E-state index in [1.54, 1.807) is 0 Å². The van der Waals surface area contributed by atoms with Gasteiger partial charge in [-0.25, -0.2) is 4.79 Å². The van der Waals surface area contributed by atoms with Crippen molar-refractivity contribution in [3.63, 3.8) is 0 Å². The number of hydrogen-bond acceptors (Lipinski definition) is 3. The van der Waals surface area contributed by atoms with Crippen molar-refractivity contribution in [2.45, 2.75) is 52.0 Å². The molecule has 5 heteroatoms. The standard InChI is InChI=1S/C19H31N3O2/c1-15(2)24-14-17-9-6-5-8-16(17)12-20-19(23)22-11-7-10-18(13-22)21(3)4/h5-6,8-9,15,18H,7,10-14H2,1-4H3,(H,20,23). The summed E-state index contributed by atoms with van der Waals surface area (Å²) in [5.41, 5.74) is 2.25. The van der Waals surface area contributed by atoms with E-state index in [9.17, 15) is 4.79 Å². The van der Waals surface area contributed by atoms with Crippen LogP contribution >= 0.6 is 0 Å². The second kappa shape index (κ2) is 9.04. The zero-order chi connectivity index (χ0) is 17.5. The number of rotatable bonds is 6. The lowest BCUT2D eigenvalue weighted by Gasteiger charge is -2.36. The molecule has 0 spiro atoms. The maximum absolute atomic E-state index is 12.5. The highest BCUT2D eigenvalue weighted by Gasteiger charge is 2.24. The summed E-state index contributed by atoms with van der Waals surface area (Å²) < 4.78 is 5.70. The summed E-state index contributed by atoms with van der Waals surface area (Å²) in [6.45, 7) is 6.82. The normalized spacial score (nSPS) is 18.2. The molecule has 2 amide bonds. The van der Waals surface area contributed by atoms with Crippen LogP contribution in [0.25, 0.3) is 0 Å². The summed E-state index contributed by atoms with van der Waals surface area (Å²) in [6.07, 6.45) is 2.42. The number of urea groups is 1. The van der Waals surface area contributed by atoms with Crippen LogP contribution in [-0.4, -0.2) is 55.2 Å². The van der Waals surface area contributed by atoms with Crippen LogP contribution in [-0.2, 0) is 17.9 Å². The molecule has 0 bridgehead atoms. The first-order chi connectivity index (χ1) is 11.5. The van der Waals surface area contributed by atoms with Gasteiger partial charge in [0, 0.05) is 25.7 Å². The molecule has 1 fully saturated rings. The van der Waals surface area contributed by atoms with Gasteiger partial charge < -0.3 is 19.9 Å². The SMILES string of the molecule is CC(C)OCc1ccccc1CNC(=O)N1CCCC(N(C)C)C1. The fourth-order valence-electron chi connectivity index (χ4n) is 2.97. The van der Waals surface area contributed by atoms with Crippen molar-refractivity contribution in [1.82, 2.24) is 15.1 Å². The topological polar surface area (TPSA) is 44.8 Å². The number of likely N-dealkylation sites (N-methyl/N-ethyl adjacent to an activating group) is 1. The van der Waals surface area contributed by atoms with E-state index in [0.717, 1.165) is 37.1 Å². The summed E-state index contributed by atoms with van der Waals surface area (Å²) in [5, 5.41) is 3.07. The van der Waals surface area contributed by atoms with Gasteiger partial charge in [-0.3, -0.25) is 0 Å². The van der Waals surface area contributed by atoms with Gasteiger partial charge in [0.15, 0.2) is 0 Å². The molecule has 0 aromatic heterocycles. The highest BCUT2D eigenvalue weighted by atomic mass is 16.5. The number of carbonyl (C=O) groups is 1. The Balaban J connectivity index is 1.89. The Hall–Kier alpha value is -1.59. The van der Waals surface area contributed by atoms with E-state index in [-0.39, 0.29) is 12.1 Å². The van der Waals surface area contributed by atoms with Crippen molar-refractivity contribution >= 4 is 6.03 Å². The maximum Gasteiger partial charge on any atom is 0.317 e. The summed E-state index contributed by atoms with van der Waals surface area (Å²) >= 11 is 0. The average molecular weight is 333 g/mol. The van der Waals surface area contributed by atoms with E-state index in [2.05, 4.69) is 36.4 Å². The van der Waals surface area contributed by atoms with Gasteiger partial charge in [0.25, 0.3) is 0 Å². The monoisotopic (exact) mass is 333 g/mol. The van der Waals surface area contributed by atoms with Gasteiger partial charge in [0.2, 0.25) is 0 Å². The highest BCUT2D eigenvalue weighted by molar-refractivity contribution is 5.74. The van der Waals surface area contributed by atoms with E-state index in [0.29, 0.717) is 19.2 Å². The molecule has 1 N–H and O–H groups in total. The van der Waals surface area contributed by atoms with Crippen molar-refractivity contribution in [3.8, 4) is 0 Å². The van der Waals surface area contributed by atoms with Gasteiger partial charge in [-0.2, -0.15) is 0 Å². The van der Waals surface area contributed by atoms with E-state index in [1.165, 1.54) is 0 Å². The number of amides is 2. The Kier molecular flexibility index (Phi) is 7.06. The fraction of sp³-hybridized carbons (Fsp3) is 0.632. The lowest BCUT2D eigenvalue weighted by atomic mass is 10.1. The fourth-order valence-corrected chi connectivity index (χ4v) is 2.97. The Bertz CT molecular complexity index is 531. The summed E-state index contributed by atoms with van der Waals surface area (Å²) in [4.78, 5) is 16.6. The molecule has 0 radical (unpaired) electrons. The molecule has 1 heterocycles. The second-order valence-corrected chi connectivity index (χ2v) is 6.99. The van der Waals surface area contributed by atoms with Gasteiger partial charge in [0.05, 0.1) is 12.7 Å². The van der Waals surface area contributed by atoms with E-state index >= 15 is 0 Å². The maximum atomic E-state index is 12.5. The third kappa shape index (κ3) is 5.49. The van der Waals surface area contributed by atoms with Crippen molar-refractivity contribution < 1.29 is 9.53 Å². The third-order valence-electron chi connectivity index (χ3n) is 4.53. The van der Waals surface area contributed by atoms with Crippen molar-refractivity contribution in [2.24, 2.45) is 0 Å². The second-order valence-electron chi connectivity index (χ2n) is 6.99. The van der Waals surface area contributed by atoms with Gasteiger partial charge in [-0.1, -0.05) is 24.3 Å². The van der Waals surface area contributed by atoms with Gasteiger partial charge in [-0.05, 0) is 51.9 Å². The average Bonchev–Trinajstić information content (AvgIpc) is 2.58. The first-order valence-electron chi connectivity index (χ1n) is 8.85. The van der Waals surface area contributed by atoms with Crippen molar-refractivity contribution in [1.29, 1.82) is 0 Å². The first-order valence-corrected chi connectivity index (χ1v) is 8.85. The predicted octanol–water partition coefficient (Wildman–Crippen LogP) is 2.85. The van der Waals surface area contributed by atoms with Crippen LogP contribution in [0.3, 0.4) is 0 Å². The van der Waals surface area contributed by atoms with Crippen LogP contribution in [0.4, 0.5) is 4.79 Å². The molecule has 1 saturated heterocycles. The van der Waals surface area contributed by atoms with Gasteiger partial charge >= 0.3 is 6.03 Å². The summed E-state index contributed by atoms with van der Waals surface area (Å²) in [7, 11) is 4.16. The quantitative estimate of drug-likeness (QED) is 0.871. The molecule has 1 aliphatic heterocycles. The van der Waals surface area contributed by atoms with Crippen LogP contribution in [0.5, 0.6) is 0 Å². The molecule has 5 nitrogen and oxygen atoms in total. The van der Waals surface area contributed by atoms with Crippen LogP contribution in [0, 0.1) is 0 Å². The number of ether oxygens (including phenoxy) is 1. The smallest absolute Gasteiger partial charge is 0.317 e. The molecule has 1 aliphatic rings.